The van der Waals surface area contributed by atoms with Crippen LogP contribution in [0, 0.1) is 5.92 Å². The highest BCUT2D eigenvalue weighted by molar-refractivity contribution is 5.28. The summed E-state index contributed by atoms with van der Waals surface area (Å²) in [7, 11) is 1.69. The molecule has 1 rings (SSSR count). The Hall–Kier alpha value is -1.02. The number of rotatable bonds is 6. The number of benzene rings is 1. The highest BCUT2D eigenvalue weighted by atomic mass is 16.5. The van der Waals surface area contributed by atoms with Crippen molar-refractivity contribution < 1.29 is 4.74 Å². The Morgan fingerprint density at radius 1 is 1.29 bits per heavy atom. The van der Waals surface area contributed by atoms with Gasteiger partial charge in [-0.3, -0.25) is 0 Å². The monoisotopic (exact) mass is 235 g/mol. The fourth-order valence-corrected chi connectivity index (χ4v) is 2.12. The van der Waals surface area contributed by atoms with Crippen molar-refractivity contribution in [3.05, 3.63) is 29.8 Å². The Kier molecular flexibility index (Phi) is 5.01. The van der Waals surface area contributed by atoms with Gasteiger partial charge in [-0.2, -0.15) is 0 Å². The van der Waals surface area contributed by atoms with Crippen LogP contribution in [-0.2, 0) is 6.42 Å². The lowest BCUT2D eigenvalue weighted by Gasteiger charge is -2.32. The molecule has 0 aromatic heterocycles. The van der Waals surface area contributed by atoms with E-state index >= 15 is 0 Å². The van der Waals surface area contributed by atoms with Crippen LogP contribution in [0.2, 0.25) is 0 Å². The predicted octanol–water partition coefficient (Wildman–Crippen LogP) is 3.39. The molecule has 0 amide bonds. The van der Waals surface area contributed by atoms with Crippen molar-refractivity contribution in [3.8, 4) is 5.75 Å². The van der Waals surface area contributed by atoms with Gasteiger partial charge in [-0.05, 0) is 43.4 Å². The lowest BCUT2D eigenvalue weighted by atomic mass is 9.80. The Morgan fingerprint density at radius 2 is 1.88 bits per heavy atom. The van der Waals surface area contributed by atoms with E-state index in [1.165, 1.54) is 18.4 Å². The standard InChI is InChI=1S/C15H25NO/c1-5-6-12(2)15(3,16)11-13-7-9-14(17-4)10-8-13/h7-10,12H,5-6,11,16H2,1-4H3. The van der Waals surface area contributed by atoms with Gasteiger partial charge in [-0.15, -0.1) is 0 Å². The summed E-state index contributed by atoms with van der Waals surface area (Å²) in [6.07, 6.45) is 3.29. The highest BCUT2D eigenvalue weighted by Gasteiger charge is 2.25. The number of methoxy groups -OCH3 is 1. The molecule has 0 radical (unpaired) electrons. The normalized spacial score (nSPS) is 16.3. The molecular weight excluding hydrogens is 210 g/mol. The second kappa shape index (κ2) is 6.06. The van der Waals surface area contributed by atoms with Crippen LogP contribution < -0.4 is 10.5 Å². The molecule has 0 heterocycles. The summed E-state index contributed by atoms with van der Waals surface area (Å²) in [6.45, 7) is 6.60. The predicted molar refractivity (Wildman–Crippen MR) is 73.4 cm³/mol. The molecule has 2 unspecified atom stereocenters. The first-order chi connectivity index (χ1) is 7.99. The molecule has 17 heavy (non-hydrogen) atoms. The van der Waals surface area contributed by atoms with Crippen molar-refractivity contribution in [2.45, 2.75) is 45.6 Å². The second-order valence-corrected chi connectivity index (χ2v) is 5.22. The van der Waals surface area contributed by atoms with Crippen molar-refractivity contribution in [1.29, 1.82) is 0 Å². The van der Waals surface area contributed by atoms with Crippen molar-refractivity contribution in [1.82, 2.24) is 0 Å². The molecule has 2 N–H and O–H groups in total. The smallest absolute Gasteiger partial charge is 0.118 e. The number of hydrogen-bond acceptors (Lipinski definition) is 2. The zero-order valence-electron chi connectivity index (χ0n) is 11.5. The average molecular weight is 235 g/mol. The van der Waals surface area contributed by atoms with E-state index in [1.54, 1.807) is 7.11 Å². The quantitative estimate of drug-likeness (QED) is 0.820. The van der Waals surface area contributed by atoms with Crippen LogP contribution in [-0.4, -0.2) is 12.6 Å². The van der Waals surface area contributed by atoms with E-state index in [0.717, 1.165) is 12.2 Å². The van der Waals surface area contributed by atoms with Crippen LogP contribution >= 0.6 is 0 Å². The van der Waals surface area contributed by atoms with E-state index in [1.807, 2.05) is 12.1 Å². The van der Waals surface area contributed by atoms with Crippen molar-refractivity contribution in [3.63, 3.8) is 0 Å². The fourth-order valence-electron chi connectivity index (χ4n) is 2.12. The van der Waals surface area contributed by atoms with Crippen LogP contribution in [0.1, 0.15) is 39.2 Å². The molecule has 2 heteroatoms. The van der Waals surface area contributed by atoms with Crippen LogP contribution in [0.25, 0.3) is 0 Å². The molecule has 0 saturated heterocycles. The number of ether oxygens (including phenoxy) is 1. The minimum atomic E-state index is -0.134. The van der Waals surface area contributed by atoms with E-state index in [0.29, 0.717) is 5.92 Å². The third kappa shape index (κ3) is 4.04. The van der Waals surface area contributed by atoms with Gasteiger partial charge in [0.05, 0.1) is 7.11 Å². The molecule has 96 valence electrons. The summed E-state index contributed by atoms with van der Waals surface area (Å²) in [5, 5.41) is 0. The Morgan fingerprint density at radius 3 is 2.35 bits per heavy atom. The molecule has 0 saturated carbocycles. The Balaban J connectivity index is 2.68. The minimum absolute atomic E-state index is 0.134. The van der Waals surface area contributed by atoms with E-state index in [2.05, 4.69) is 32.9 Å². The Bertz CT molecular complexity index is 329. The van der Waals surface area contributed by atoms with Gasteiger partial charge in [0.2, 0.25) is 0 Å². The third-order valence-corrected chi connectivity index (χ3v) is 3.59. The lowest BCUT2D eigenvalue weighted by Crippen LogP contribution is -2.45. The van der Waals surface area contributed by atoms with E-state index in [9.17, 15) is 0 Å². The molecule has 2 nitrogen and oxygen atoms in total. The van der Waals surface area contributed by atoms with Crippen LogP contribution in [0.4, 0.5) is 0 Å². The molecule has 0 bridgehead atoms. The van der Waals surface area contributed by atoms with Gasteiger partial charge >= 0.3 is 0 Å². The summed E-state index contributed by atoms with van der Waals surface area (Å²) in [6, 6.07) is 8.19. The van der Waals surface area contributed by atoms with Crippen LogP contribution in [0.3, 0.4) is 0 Å². The van der Waals surface area contributed by atoms with Gasteiger partial charge in [0.1, 0.15) is 5.75 Å². The molecule has 2 atom stereocenters. The molecule has 0 aliphatic heterocycles. The molecule has 1 aromatic carbocycles. The van der Waals surface area contributed by atoms with Gasteiger partial charge < -0.3 is 10.5 Å². The maximum absolute atomic E-state index is 6.42. The van der Waals surface area contributed by atoms with E-state index in [-0.39, 0.29) is 5.54 Å². The van der Waals surface area contributed by atoms with Crippen molar-refractivity contribution in [2.75, 3.05) is 7.11 Å². The lowest BCUT2D eigenvalue weighted by molar-refractivity contribution is 0.295. The average Bonchev–Trinajstić information content (AvgIpc) is 2.30. The van der Waals surface area contributed by atoms with Gasteiger partial charge in [0.25, 0.3) is 0 Å². The molecule has 1 aromatic rings. The summed E-state index contributed by atoms with van der Waals surface area (Å²) in [5.74, 6) is 1.43. The third-order valence-electron chi connectivity index (χ3n) is 3.59. The summed E-state index contributed by atoms with van der Waals surface area (Å²) in [5.41, 5.74) is 7.56. The SMILES string of the molecule is CCCC(C)C(C)(N)Cc1ccc(OC)cc1. The van der Waals surface area contributed by atoms with Crippen LogP contribution in [0.5, 0.6) is 5.75 Å². The molecule has 0 aliphatic carbocycles. The zero-order chi connectivity index (χ0) is 12.9. The van der Waals surface area contributed by atoms with E-state index in [4.69, 9.17) is 10.5 Å². The fraction of sp³-hybridized carbons (Fsp3) is 0.600. The maximum atomic E-state index is 6.42. The van der Waals surface area contributed by atoms with E-state index < -0.39 is 0 Å². The first kappa shape index (κ1) is 14.0. The van der Waals surface area contributed by atoms with Crippen LogP contribution in [0.15, 0.2) is 24.3 Å². The van der Waals surface area contributed by atoms with Gasteiger partial charge in [0, 0.05) is 5.54 Å². The zero-order valence-corrected chi connectivity index (χ0v) is 11.5. The molecule has 0 aliphatic rings. The highest BCUT2D eigenvalue weighted by Crippen LogP contribution is 2.24. The summed E-state index contributed by atoms with van der Waals surface area (Å²) < 4.78 is 5.15. The van der Waals surface area contributed by atoms with Gasteiger partial charge in [-0.1, -0.05) is 32.4 Å². The first-order valence-corrected chi connectivity index (χ1v) is 6.41. The minimum Gasteiger partial charge on any atom is -0.497 e. The van der Waals surface area contributed by atoms with Gasteiger partial charge in [0.15, 0.2) is 0 Å². The second-order valence-electron chi connectivity index (χ2n) is 5.22. The van der Waals surface area contributed by atoms with Gasteiger partial charge in [-0.25, -0.2) is 0 Å². The largest absolute Gasteiger partial charge is 0.497 e. The van der Waals surface area contributed by atoms with Crippen molar-refractivity contribution >= 4 is 0 Å². The molecular formula is C15H25NO. The summed E-state index contributed by atoms with van der Waals surface area (Å²) in [4.78, 5) is 0. The Labute approximate surface area is 105 Å². The number of hydrogen-bond donors (Lipinski definition) is 1. The topological polar surface area (TPSA) is 35.2 Å². The first-order valence-electron chi connectivity index (χ1n) is 6.41. The van der Waals surface area contributed by atoms with Crippen molar-refractivity contribution in [2.24, 2.45) is 11.7 Å². The molecule has 0 fully saturated rings. The number of nitrogens with two attached hydrogens (primary N) is 1. The molecule has 0 spiro atoms. The summed E-state index contributed by atoms with van der Waals surface area (Å²) >= 11 is 0. The maximum Gasteiger partial charge on any atom is 0.118 e.